The maximum Gasteiger partial charge on any atom is 0.255 e. The average molecular weight is 476 g/mol. The number of benzene rings is 1. The number of likely N-dealkylation sites (tertiary alicyclic amines) is 2. The van der Waals surface area contributed by atoms with E-state index in [9.17, 15) is 14.4 Å². The number of piperidine rings is 1. The molecule has 1 aromatic rings. The number of carbonyl (C=O) groups is 3. The van der Waals surface area contributed by atoms with Crippen LogP contribution >= 0.6 is 11.6 Å². The lowest BCUT2D eigenvalue weighted by Crippen LogP contribution is -2.51. The standard InChI is InChI=1S/C25H34ClN3O4/c26-19-7-8-21-20(16-19)24(32)27-17-25(10-2-1-3-15-33-21)11-5-13-29(18-25)23(31)9-14-28-12-4-6-22(28)30/h7-8,16H,1-6,9-15,17-18H2,(H,27,32). The molecule has 2 fully saturated rings. The smallest absolute Gasteiger partial charge is 0.255 e. The molecule has 3 amide bonds. The monoisotopic (exact) mass is 475 g/mol. The summed E-state index contributed by atoms with van der Waals surface area (Å²) in [6, 6.07) is 5.15. The van der Waals surface area contributed by atoms with Crippen molar-refractivity contribution in [3.63, 3.8) is 0 Å². The fourth-order valence-corrected chi connectivity index (χ4v) is 5.49. The van der Waals surface area contributed by atoms with Crippen LogP contribution in [-0.2, 0) is 9.59 Å². The molecule has 2 saturated heterocycles. The predicted octanol–water partition coefficient (Wildman–Crippen LogP) is 3.64. The lowest BCUT2D eigenvalue weighted by atomic mass is 9.75. The highest BCUT2D eigenvalue weighted by Gasteiger charge is 2.37. The minimum Gasteiger partial charge on any atom is -0.493 e. The van der Waals surface area contributed by atoms with Crippen LogP contribution in [0.2, 0.25) is 5.02 Å². The van der Waals surface area contributed by atoms with Crippen molar-refractivity contribution in [2.75, 3.05) is 39.3 Å². The van der Waals surface area contributed by atoms with Crippen molar-refractivity contribution >= 4 is 29.3 Å². The molecular formula is C25H34ClN3O4. The molecule has 4 rings (SSSR count). The van der Waals surface area contributed by atoms with E-state index < -0.39 is 0 Å². The number of nitrogens with one attached hydrogen (secondary N) is 1. The predicted molar refractivity (Wildman–Crippen MR) is 126 cm³/mol. The van der Waals surface area contributed by atoms with Crippen molar-refractivity contribution in [3.05, 3.63) is 28.8 Å². The fraction of sp³-hybridized carbons (Fsp3) is 0.640. The lowest BCUT2D eigenvalue weighted by molar-refractivity contribution is -0.136. The molecule has 0 aromatic heterocycles. The van der Waals surface area contributed by atoms with Gasteiger partial charge in [0.2, 0.25) is 11.8 Å². The number of carbonyl (C=O) groups excluding carboxylic acids is 3. The number of ether oxygens (including phenoxy) is 1. The summed E-state index contributed by atoms with van der Waals surface area (Å²) in [5.74, 6) is 0.632. The van der Waals surface area contributed by atoms with E-state index in [0.717, 1.165) is 58.0 Å². The van der Waals surface area contributed by atoms with Crippen molar-refractivity contribution in [1.29, 1.82) is 0 Å². The molecule has 0 radical (unpaired) electrons. The van der Waals surface area contributed by atoms with E-state index in [0.29, 0.717) is 55.4 Å². The molecule has 8 heteroatoms. The number of hydrogen-bond donors (Lipinski definition) is 1. The Balaban J connectivity index is 1.43. The minimum atomic E-state index is -0.191. The highest BCUT2D eigenvalue weighted by molar-refractivity contribution is 6.31. The van der Waals surface area contributed by atoms with Crippen LogP contribution < -0.4 is 10.1 Å². The number of amides is 3. The van der Waals surface area contributed by atoms with Gasteiger partial charge in [0.15, 0.2) is 0 Å². The maximum absolute atomic E-state index is 13.0. The molecule has 0 saturated carbocycles. The Morgan fingerprint density at radius 2 is 1.94 bits per heavy atom. The number of nitrogens with zero attached hydrogens (tertiary/aromatic N) is 2. The number of hydrogen-bond acceptors (Lipinski definition) is 4. The molecule has 7 nitrogen and oxygen atoms in total. The maximum atomic E-state index is 13.0. The molecule has 0 aliphatic carbocycles. The van der Waals surface area contributed by atoms with Crippen LogP contribution in [0.15, 0.2) is 18.2 Å². The van der Waals surface area contributed by atoms with Gasteiger partial charge >= 0.3 is 0 Å². The Morgan fingerprint density at radius 3 is 2.76 bits per heavy atom. The van der Waals surface area contributed by atoms with E-state index in [-0.39, 0.29) is 23.1 Å². The van der Waals surface area contributed by atoms with Gasteiger partial charge in [-0.1, -0.05) is 24.4 Å². The highest BCUT2D eigenvalue weighted by atomic mass is 35.5. The molecule has 3 heterocycles. The topological polar surface area (TPSA) is 79.0 Å². The van der Waals surface area contributed by atoms with Crippen molar-refractivity contribution in [2.45, 2.75) is 57.8 Å². The van der Waals surface area contributed by atoms with Gasteiger partial charge in [-0.2, -0.15) is 0 Å². The summed E-state index contributed by atoms with van der Waals surface area (Å²) in [4.78, 5) is 41.7. The number of fused-ring (bicyclic) bond motifs is 1. The fourth-order valence-electron chi connectivity index (χ4n) is 5.32. The normalized spacial score (nSPS) is 24.5. The van der Waals surface area contributed by atoms with E-state index >= 15 is 0 Å². The Kier molecular flexibility index (Phi) is 7.78. The molecule has 0 bridgehead atoms. The minimum absolute atomic E-state index is 0.108. The lowest BCUT2D eigenvalue weighted by Gasteiger charge is -2.43. The van der Waals surface area contributed by atoms with Gasteiger partial charge < -0.3 is 19.9 Å². The van der Waals surface area contributed by atoms with Gasteiger partial charge in [0.25, 0.3) is 5.91 Å². The number of rotatable bonds is 3. The summed E-state index contributed by atoms with van der Waals surface area (Å²) in [5, 5.41) is 3.62. The third-order valence-electron chi connectivity index (χ3n) is 7.20. The summed E-state index contributed by atoms with van der Waals surface area (Å²) in [6.45, 7) is 3.75. The second kappa shape index (κ2) is 10.8. The Labute approximate surface area is 200 Å². The van der Waals surface area contributed by atoms with E-state index in [1.54, 1.807) is 23.1 Å². The zero-order chi connectivity index (χ0) is 23.3. The molecule has 180 valence electrons. The van der Waals surface area contributed by atoms with Gasteiger partial charge in [0.1, 0.15) is 5.75 Å². The second-order valence-corrected chi connectivity index (χ2v) is 10.1. The Hall–Kier alpha value is -2.28. The summed E-state index contributed by atoms with van der Waals surface area (Å²) < 4.78 is 5.85. The van der Waals surface area contributed by atoms with Crippen molar-refractivity contribution < 1.29 is 19.1 Å². The zero-order valence-corrected chi connectivity index (χ0v) is 20.0. The van der Waals surface area contributed by atoms with Crippen LogP contribution in [-0.4, -0.2) is 66.9 Å². The Morgan fingerprint density at radius 1 is 1.09 bits per heavy atom. The first-order valence-corrected chi connectivity index (χ1v) is 12.6. The van der Waals surface area contributed by atoms with Crippen LogP contribution in [0.1, 0.15) is 68.1 Å². The van der Waals surface area contributed by atoms with Gasteiger partial charge in [0.05, 0.1) is 12.2 Å². The second-order valence-electron chi connectivity index (χ2n) is 9.64. The van der Waals surface area contributed by atoms with E-state index in [2.05, 4.69) is 5.32 Å². The summed E-state index contributed by atoms with van der Waals surface area (Å²) >= 11 is 6.15. The van der Waals surface area contributed by atoms with Crippen molar-refractivity contribution in [1.82, 2.24) is 15.1 Å². The molecule has 3 aliphatic rings. The van der Waals surface area contributed by atoms with E-state index in [4.69, 9.17) is 16.3 Å². The van der Waals surface area contributed by atoms with Crippen LogP contribution in [0.5, 0.6) is 5.75 Å². The van der Waals surface area contributed by atoms with Crippen LogP contribution in [0.4, 0.5) is 0 Å². The van der Waals surface area contributed by atoms with Crippen LogP contribution in [0, 0.1) is 5.41 Å². The highest BCUT2D eigenvalue weighted by Crippen LogP contribution is 2.36. The van der Waals surface area contributed by atoms with Crippen molar-refractivity contribution in [2.24, 2.45) is 5.41 Å². The van der Waals surface area contributed by atoms with Gasteiger partial charge in [-0.25, -0.2) is 0 Å². The van der Waals surface area contributed by atoms with Gasteiger partial charge in [-0.15, -0.1) is 0 Å². The first-order chi connectivity index (χ1) is 16.0. The van der Waals surface area contributed by atoms with Gasteiger partial charge in [-0.3, -0.25) is 14.4 Å². The molecule has 1 unspecified atom stereocenters. The quantitative estimate of drug-likeness (QED) is 0.723. The summed E-state index contributed by atoms with van der Waals surface area (Å²) in [6.07, 6.45) is 7.74. The third kappa shape index (κ3) is 5.99. The summed E-state index contributed by atoms with van der Waals surface area (Å²) in [7, 11) is 0. The first-order valence-electron chi connectivity index (χ1n) is 12.2. The number of halogens is 1. The van der Waals surface area contributed by atoms with Crippen LogP contribution in [0.25, 0.3) is 0 Å². The van der Waals surface area contributed by atoms with Crippen molar-refractivity contribution in [3.8, 4) is 5.75 Å². The average Bonchev–Trinajstić information content (AvgIpc) is 3.23. The van der Waals surface area contributed by atoms with E-state index in [1.165, 1.54) is 0 Å². The molecule has 1 spiro atoms. The van der Waals surface area contributed by atoms with E-state index in [1.807, 2.05) is 4.90 Å². The molecule has 1 aromatic carbocycles. The zero-order valence-electron chi connectivity index (χ0n) is 19.2. The molecule has 3 aliphatic heterocycles. The SMILES string of the molecule is O=C1NCC2(CCCCCOc3ccc(Cl)cc31)CCCN(C(=O)CCN1CCCC1=O)C2. The Bertz CT molecular complexity index is 892. The molecule has 1 atom stereocenters. The van der Waals surface area contributed by atoms with Gasteiger partial charge in [0, 0.05) is 56.0 Å². The molecule has 33 heavy (non-hydrogen) atoms. The van der Waals surface area contributed by atoms with Gasteiger partial charge in [-0.05, 0) is 50.3 Å². The first kappa shape index (κ1) is 23.9. The molecular weight excluding hydrogens is 442 g/mol. The molecule has 1 N–H and O–H groups in total. The largest absolute Gasteiger partial charge is 0.493 e. The van der Waals surface area contributed by atoms with Crippen LogP contribution in [0.3, 0.4) is 0 Å². The third-order valence-corrected chi connectivity index (χ3v) is 7.44. The summed E-state index contributed by atoms with van der Waals surface area (Å²) in [5.41, 5.74) is 0.323.